The van der Waals surface area contributed by atoms with Crippen LogP contribution in [0.5, 0.6) is 0 Å². The van der Waals surface area contributed by atoms with Gasteiger partial charge in [-0.2, -0.15) is 0 Å². The lowest BCUT2D eigenvalue weighted by molar-refractivity contribution is -0.123. The number of piperidine rings is 1. The van der Waals surface area contributed by atoms with E-state index in [-0.39, 0.29) is 17.4 Å². The highest BCUT2D eigenvalue weighted by molar-refractivity contribution is 5.98. The highest BCUT2D eigenvalue weighted by Gasteiger charge is 2.40. The molecular weight excluding hydrogens is 543 g/mol. The summed E-state index contributed by atoms with van der Waals surface area (Å²) in [5.74, 6) is -1.54. The number of rotatable bonds is 7. The first-order valence-electron chi connectivity index (χ1n) is 15.6. The van der Waals surface area contributed by atoms with Crippen LogP contribution >= 0.6 is 0 Å². The molecule has 3 aliphatic rings. The molecule has 3 fully saturated rings. The minimum Gasteiger partial charge on any atom is -0.382 e. The number of hydrogen-bond acceptors (Lipinski definition) is 5. The summed E-state index contributed by atoms with van der Waals surface area (Å²) in [6.45, 7) is 5.18. The van der Waals surface area contributed by atoms with E-state index in [0.29, 0.717) is 44.2 Å². The van der Waals surface area contributed by atoms with Gasteiger partial charge in [0.25, 0.3) is 5.91 Å². The standard InChI is InChI=1S/C35H41FN4O3/c1-24-7-4-13-31(36)32(24)35(42)40-18-6-12-30(33(40)25-14-16-27(17-15-25)37-26-8-2-3-9-26)34(41)38-28-10-5-11-29(23-28)39-19-21-43-22-20-39/h4-5,7,10-11,13-17,23,26,30,33,37H,2-3,6,8-9,12,18-22H2,1H3,(H,38,41)/t30-,33-/m0/s1. The average molecular weight is 585 g/mol. The predicted molar refractivity (Wildman–Crippen MR) is 168 cm³/mol. The van der Waals surface area contributed by atoms with E-state index < -0.39 is 17.8 Å². The SMILES string of the molecule is Cc1cccc(F)c1C(=O)N1CCC[C@H](C(=O)Nc2cccc(N3CCOCC3)c2)[C@@H]1c1ccc(NC2CCCC2)cc1. The normalized spacial score (nSPS) is 21.1. The van der Waals surface area contributed by atoms with E-state index in [9.17, 15) is 9.59 Å². The summed E-state index contributed by atoms with van der Waals surface area (Å²) in [4.78, 5) is 32.0. The van der Waals surface area contributed by atoms with Crippen molar-refractivity contribution in [3.05, 3.63) is 89.2 Å². The van der Waals surface area contributed by atoms with E-state index in [4.69, 9.17) is 4.74 Å². The largest absolute Gasteiger partial charge is 0.382 e. The number of nitrogens with one attached hydrogen (secondary N) is 2. The number of likely N-dealkylation sites (tertiary alicyclic amines) is 1. The molecule has 2 aliphatic heterocycles. The van der Waals surface area contributed by atoms with Crippen LogP contribution in [0.2, 0.25) is 0 Å². The predicted octanol–water partition coefficient (Wildman–Crippen LogP) is 6.56. The van der Waals surface area contributed by atoms with Gasteiger partial charge >= 0.3 is 0 Å². The number of morpholine rings is 1. The van der Waals surface area contributed by atoms with Crippen LogP contribution in [0.1, 0.15) is 66.1 Å². The fourth-order valence-electron chi connectivity index (χ4n) is 6.88. The van der Waals surface area contributed by atoms with Gasteiger partial charge < -0.3 is 25.2 Å². The molecule has 43 heavy (non-hydrogen) atoms. The number of aryl methyl sites for hydroxylation is 1. The Labute approximate surface area is 253 Å². The molecule has 1 aliphatic carbocycles. The van der Waals surface area contributed by atoms with Crippen LogP contribution < -0.4 is 15.5 Å². The third-order valence-electron chi connectivity index (χ3n) is 9.13. The number of carbonyl (C=O) groups is 2. The number of nitrogens with zero attached hydrogens (tertiary/aromatic N) is 2. The molecule has 2 amide bonds. The Morgan fingerprint density at radius 3 is 2.35 bits per heavy atom. The molecule has 0 aromatic heterocycles. The number of ether oxygens (including phenoxy) is 1. The zero-order chi connectivity index (χ0) is 29.8. The number of anilines is 3. The monoisotopic (exact) mass is 584 g/mol. The van der Waals surface area contributed by atoms with Crippen molar-refractivity contribution in [1.29, 1.82) is 0 Å². The van der Waals surface area contributed by atoms with Crippen molar-refractivity contribution < 1.29 is 18.7 Å². The second-order valence-electron chi connectivity index (χ2n) is 12.0. The van der Waals surface area contributed by atoms with E-state index >= 15 is 4.39 Å². The molecular formula is C35H41FN4O3. The van der Waals surface area contributed by atoms with Crippen LogP contribution in [0, 0.1) is 18.7 Å². The lowest BCUT2D eigenvalue weighted by Crippen LogP contribution is -2.46. The summed E-state index contributed by atoms with van der Waals surface area (Å²) in [7, 11) is 0. The maximum atomic E-state index is 15.0. The van der Waals surface area contributed by atoms with Crippen LogP contribution in [0.15, 0.2) is 66.7 Å². The number of halogens is 1. The highest BCUT2D eigenvalue weighted by atomic mass is 19.1. The number of carbonyl (C=O) groups excluding carboxylic acids is 2. The highest BCUT2D eigenvalue weighted by Crippen LogP contribution is 2.39. The molecule has 6 rings (SSSR count). The van der Waals surface area contributed by atoms with Crippen LogP contribution in [-0.4, -0.2) is 55.6 Å². The Morgan fingerprint density at radius 2 is 1.60 bits per heavy atom. The Balaban J connectivity index is 1.29. The van der Waals surface area contributed by atoms with Crippen LogP contribution in [-0.2, 0) is 9.53 Å². The fourth-order valence-corrected chi connectivity index (χ4v) is 6.88. The van der Waals surface area contributed by atoms with Crippen molar-refractivity contribution in [2.24, 2.45) is 5.92 Å². The first kappa shape index (κ1) is 29.2. The summed E-state index contributed by atoms with van der Waals surface area (Å²) in [5.41, 5.74) is 4.34. The van der Waals surface area contributed by atoms with Gasteiger partial charge in [0.2, 0.25) is 5.91 Å². The van der Waals surface area contributed by atoms with Gasteiger partial charge in [0.15, 0.2) is 0 Å². The van der Waals surface area contributed by atoms with Gasteiger partial charge in [0.1, 0.15) is 5.82 Å². The van der Waals surface area contributed by atoms with Gasteiger partial charge in [0.05, 0.1) is 30.7 Å². The summed E-state index contributed by atoms with van der Waals surface area (Å²) < 4.78 is 20.5. The first-order chi connectivity index (χ1) is 21.0. The average Bonchev–Trinajstić information content (AvgIpc) is 3.54. The molecule has 2 saturated heterocycles. The van der Waals surface area contributed by atoms with Crippen LogP contribution in [0.3, 0.4) is 0 Å². The molecule has 0 spiro atoms. The van der Waals surface area contributed by atoms with E-state index in [0.717, 1.165) is 35.7 Å². The van der Waals surface area contributed by atoms with Gasteiger partial charge in [-0.3, -0.25) is 9.59 Å². The van der Waals surface area contributed by atoms with Gasteiger partial charge in [-0.05, 0) is 80.1 Å². The van der Waals surface area contributed by atoms with E-state index in [1.54, 1.807) is 24.0 Å². The van der Waals surface area contributed by atoms with Gasteiger partial charge in [-0.15, -0.1) is 0 Å². The van der Waals surface area contributed by atoms with E-state index in [1.165, 1.54) is 31.7 Å². The van der Waals surface area contributed by atoms with Crippen molar-refractivity contribution in [2.75, 3.05) is 48.4 Å². The van der Waals surface area contributed by atoms with Gasteiger partial charge in [0, 0.05) is 42.7 Å². The molecule has 226 valence electrons. The molecule has 3 aromatic rings. The topological polar surface area (TPSA) is 73.9 Å². The molecule has 3 aromatic carbocycles. The number of benzene rings is 3. The molecule has 0 bridgehead atoms. The molecule has 2 atom stereocenters. The minimum absolute atomic E-state index is 0.0753. The Hall–Kier alpha value is -3.91. The number of hydrogen-bond donors (Lipinski definition) is 2. The maximum absolute atomic E-state index is 15.0. The van der Waals surface area contributed by atoms with E-state index in [2.05, 4.69) is 15.5 Å². The first-order valence-corrected chi connectivity index (χ1v) is 15.6. The Morgan fingerprint density at radius 1 is 0.860 bits per heavy atom. The van der Waals surface area contributed by atoms with Crippen molar-refractivity contribution in [3.63, 3.8) is 0 Å². The van der Waals surface area contributed by atoms with Crippen LogP contribution in [0.4, 0.5) is 21.5 Å². The third kappa shape index (κ3) is 6.54. The lowest BCUT2D eigenvalue weighted by atomic mass is 9.83. The van der Waals surface area contributed by atoms with Gasteiger partial charge in [-0.1, -0.05) is 43.2 Å². The molecule has 7 nitrogen and oxygen atoms in total. The Bertz CT molecular complexity index is 1410. The minimum atomic E-state index is -0.536. The summed E-state index contributed by atoms with van der Waals surface area (Å²) in [6.07, 6.45) is 6.12. The van der Waals surface area contributed by atoms with Crippen molar-refractivity contribution in [2.45, 2.75) is 57.5 Å². The zero-order valence-electron chi connectivity index (χ0n) is 24.9. The third-order valence-corrected chi connectivity index (χ3v) is 9.13. The smallest absolute Gasteiger partial charge is 0.257 e. The van der Waals surface area contributed by atoms with Crippen molar-refractivity contribution >= 4 is 28.9 Å². The summed E-state index contributed by atoms with van der Waals surface area (Å²) >= 11 is 0. The Kier molecular flexibility index (Phi) is 8.93. The molecule has 0 radical (unpaired) electrons. The van der Waals surface area contributed by atoms with Crippen molar-refractivity contribution in [3.8, 4) is 0 Å². The molecule has 2 heterocycles. The van der Waals surface area contributed by atoms with E-state index in [1.807, 2.05) is 48.5 Å². The van der Waals surface area contributed by atoms with Crippen molar-refractivity contribution in [1.82, 2.24) is 4.90 Å². The quantitative estimate of drug-likeness (QED) is 0.329. The molecule has 1 saturated carbocycles. The molecule has 2 N–H and O–H groups in total. The fraction of sp³-hybridized carbons (Fsp3) is 0.429. The van der Waals surface area contributed by atoms with Crippen LogP contribution in [0.25, 0.3) is 0 Å². The zero-order valence-corrected chi connectivity index (χ0v) is 24.9. The van der Waals surface area contributed by atoms with Gasteiger partial charge in [-0.25, -0.2) is 4.39 Å². The lowest BCUT2D eigenvalue weighted by Gasteiger charge is -2.41. The second kappa shape index (κ2) is 13.2. The summed E-state index contributed by atoms with van der Waals surface area (Å²) in [5, 5.41) is 6.77. The molecule has 8 heteroatoms. The second-order valence-corrected chi connectivity index (χ2v) is 12.0. The maximum Gasteiger partial charge on any atom is 0.257 e. The molecule has 0 unspecified atom stereocenters. The summed E-state index contributed by atoms with van der Waals surface area (Å²) in [6, 6.07) is 20.7. The number of amides is 2.